The number of alkyl halides is 3. The third kappa shape index (κ3) is 2.15. The van der Waals surface area contributed by atoms with Gasteiger partial charge < -0.3 is 0 Å². The van der Waals surface area contributed by atoms with Gasteiger partial charge in [-0.2, -0.15) is 18.3 Å². The molecule has 2 nitrogen and oxygen atoms in total. The summed E-state index contributed by atoms with van der Waals surface area (Å²) >= 11 is 4.62. The van der Waals surface area contributed by atoms with Crippen LogP contribution in [0, 0.1) is 0 Å². The van der Waals surface area contributed by atoms with Crippen molar-refractivity contribution < 1.29 is 13.2 Å². The van der Waals surface area contributed by atoms with Crippen molar-refractivity contribution in [1.29, 1.82) is 0 Å². The zero-order valence-corrected chi connectivity index (χ0v) is 10.4. The molecule has 2 aromatic heterocycles. The standard InChI is InChI=1S/C9H6BrF3N2S/c1-15-6(7-2-5(10)4-16-7)3-8(14-15)9(11,12)13/h2-4H,1H3. The van der Waals surface area contributed by atoms with Gasteiger partial charge in [-0.1, -0.05) is 0 Å². The average molecular weight is 311 g/mol. The SMILES string of the molecule is Cn1nc(C(F)(F)F)cc1-c1cc(Br)cs1. The number of rotatable bonds is 1. The van der Waals surface area contributed by atoms with E-state index in [1.807, 2.05) is 5.38 Å². The van der Waals surface area contributed by atoms with Crippen LogP contribution in [0.2, 0.25) is 0 Å². The lowest BCUT2D eigenvalue weighted by Crippen LogP contribution is -2.06. The number of hydrogen-bond donors (Lipinski definition) is 0. The van der Waals surface area contributed by atoms with Crippen LogP contribution in [-0.4, -0.2) is 9.78 Å². The maximum absolute atomic E-state index is 12.4. The molecule has 16 heavy (non-hydrogen) atoms. The Labute approximate surface area is 102 Å². The summed E-state index contributed by atoms with van der Waals surface area (Å²) in [6.45, 7) is 0. The summed E-state index contributed by atoms with van der Waals surface area (Å²) < 4.78 is 39.3. The van der Waals surface area contributed by atoms with Gasteiger partial charge in [-0.15, -0.1) is 11.3 Å². The maximum Gasteiger partial charge on any atom is 0.435 e. The molecule has 0 bridgehead atoms. The summed E-state index contributed by atoms with van der Waals surface area (Å²) in [5.41, 5.74) is -0.405. The van der Waals surface area contributed by atoms with Crippen molar-refractivity contribution in [3.8, 4) is 10.6 Å². The Morgan fingerprint density at radius 3 is 2.50 bits per heavy atom. The molecule has 0 aromatic carbocycles. The fourth-order valence-electron chi connectivity index (χ4n) is 1.28. The highest BCUT2D eigenvalue weighted by Gasteiger charge is 2.34. The van der Waals surface area contributed by atoms with Crippen molar-refractivity contribution in [3.05, 3.63) is 27.7 Å². The summed E-state index contributed by atoms with van der Waals surface area (Å²) in [6.07, 6.45) is -4.40. The van der Waals surface area contributed by atoms with Gasteiger partial charge in [0.2, 0.25) is 0 Å². The van der Waals surface area contributed by atoms with E-state index in [0.717, 1.165) is 15.4 Å². The lowest BCUT2D eigenvalue weighted by Gasteiger charge is -1.98. The fraction of sp³-hybridized carbons (Fsp3) is 0.222. The van der Waals surface area contributed by atoms with Gasteiger partial charge in [-0.25, -0.2) is 0 Å². The zero-order valence-electron chi connectivity index (χ0n) is 8.05. The number of thiophene rings is 1. The third-order valence-corrected chi connectivity index (χ3v) is 3.70. The third-order valence-electron chi connectivity index (χ3n) is 1.99. The van der Waals surface area contributed by atoms with E-state index in [9.17, 15) is 13.2 Å². The van der Waals surface area contributed by atoms with Crippen molar-refractivity contribution in [2.24, 2.45) is 7.05 Å². The molecule has 2 heterocycles. The van der Waals surface area contributed by atoms with Crippen LogP contribution >= 0.6 is 27.3 Å². The lowest BCUT2D eigenvalue weighted by molar-refractivity contribution is -0.141. The van der Waals surface area contributed by atoms with Crippen LogP contribution in [0.1, 0.15) is 5.69 Å². The largest absolute Gasteiger partial charge is 0.435 e. The second kappa shape index (κ2) is 3.89. The van der Waals surface area contributed by atoms with Crippen LogP contribution in [0.25, 0.3) is 10.6 Å². The van der Waals surface area contributed by atoms with E-state index >= 15 is 0 Å². The van der Waals surface area contributed by atoms with Crippen LogP contribution in [0.3, 0.4) is 0 Å². The molecule has 0 atom stereocenters. The molecular formula is C9H6BrF3N2S. The van der Waals surface area contributed by atoms with E-state index in [1.54, 1.807) is 6.07 Å². The van der Waals surface area contributed by atoms with Crippen LogP contribution in [0.5, 0.6) is 0 Å². The molecule has 0 N–H and O–H groups in total. The number of hydrogen-bond acceptors (Lipinski definition) is 2. The Bertz CT molecular complexity index is 515. The summed E-state index contributed by atoms with van der Waals surface area (Å²) in [7, 11) is 1.50. The minimum atomic E-state index is -4.40. The predicted molar refractivity (Wildman–Crippen MR) is 59.2 cm³/mol. The van der Waals surface area contributed by atoms with E-state index in [2.05, 4.69) is 21.0 Å². The number of aromatic nitrogens is 2. The Kier molecular flexibility index (Phi) is 2.83. The Balaban J connectivity index is 2.47. The van der Waals surface area contributed by atoms with Crippen LogP contribution in [0.4, 0.5) is 13.2 Å². The molecule has 0 unspecified atom stereocenters. The minimum Gasteiger partial charge on any atom is -0.267 e. The summed E-state index contributed by atoms with van der Waals surface area (Å²) in [5.74, 6) is 0. The monoisotopic (exact) mass is 310 g/mol. The highest BCUT2D eigenvalue weighted by atomic mass is 79.9. The Morgan fingerprint density at radius 2 is 2.06 bits per heavy atom. The van der Waals surface area contributed by atoms with Gasteiger partial charge >= 0.3 is 6.18 Å². The second-order valence-electron chi connectivity index (χ2n) is 3.17. The van der Waals surface area contributed by atoms with E-state index in [0.29, 0.717) is 5.69 Å². The first-order valence-corrected chi connectivity index (χ1v) is 5.91. The highest BCUT2D eigenvalue weighted by molar-refractivity contribution is 9.10. The van der Waals surface area contributed by atoms with E-state index in [-0.39, 0.29) is 0 Å². The molecule has 0 saturated carbocycles. The molecule has 0 fully saturated rings. The van der Waals surface area contributed by atoms with Gasteiger partial charge in [0.25, 0.3) is 0 Å². The van der Waals surface area contributed by atoms with E-state index < -0.39 is 11.9 Å². The molecule has 0 saturated heterocycles. The maximum atomic E-state index is 12.4. The van der Waals surface area contributed by atoms with Crippen molar-refractivity contribution in [2.45, 2.75) is 6.18 Å². The van der Waals surface area contributed by atoms with Gasteiger partial charge in [-0.05, 0) is 28.1 Å². The van der Waals surface area contributed by atoms with Crippen molar-refractivity contribution in [1.82, 2.24) is 9.78 Å². The molecule has 0 radical (unpaired) electrons. The van der Waals surface area contributed by atoms with Gasteiger partial charge in [0, 0.05) is 16.9 Å². The number of nitrogens with zero attached hydrogens (tertiary/aromatic N) is 2. The first-order chi connectivity index (χ1) is 7.38. The molecule has 0 aliphatic rings. The first-order valence-electron chi connectivity index (χ1n) is 4.23. The minimum absolute atomic E-state index is 0.461. The second-order valence-corrected chi connectivity index (χ2v) is 4.99. The molecule has 86 valence electrons. The molecule has 0 amide bonds. The molecule has 7 heteroatoms. The Hall–Kier alpha value is -0.820. The highest BCUT2D eigenvalue weighted by Crippen LogP contribution is 2.34. The molecule has 0 spiro atoms. The van der Waals surface area contributed by atoms with Crippen molar-refractivity contribution in [2.75, 3.05) is 0 Å². The fourth-order valence-corrected chi connectivity index (χ4v) is 2.76. The molecule has 2 rings (SSSR count). The molecule has 0 aliphatic carbocycles. The van der Waals surface area contributed by atoms with Crippen LogP contribution in [0.15, 0.2) is 22.0 Å². The van der Waals surface area contributed by atoms with Gasteiger partial charge in [-0.3, -0.25) is 4.68 Å². The molecule has 0 aliphatic heterocycles. The zero-order chi connectivity index (χ0) is 11.9. The quantitative estimate of drug-likeness (QED) is 0.780. The molecule has 2 aromatic rings. The number of halogens is 4. The predicted octanol–water partition coefficient (Wildman–Crippen LogP) is 3.93. The van der Waals surface area contributed by atoms with E-state index in [1.165, 1.54) is 23.1 Å². The van der Waals surface area contributed by atoms with Crippen molar-refractivity contribution in [3.63, 3.8) is 0 Å². The van der Waals surface area contributed by atoms with Crippen LogP contribution in [-0.2, 0) is 13.2 Å². The van der Waals surface area contributed by atoms with Gasteiger partial charge in [0.1, 0.15) is 0 Å². The number of aryl methyl sites for hydroxylation is 1. The Morgan fingerprint density at radius 1 is 1.38 bits per heavy atom. The molecular weight excluding hydrogens is 305 g/mol. The summed E-state index contributed by atoms with van der Waals surface area (Å²) in [6, 6.07) is 2.82. The normalized spacial score (nSPS) is 12.1. The first kappa shape index (κ1) is 11.7. The van der Waals surface area contributed by atoms with Crippen LogP contribution < -0.4 is 0 Å². The average Bonchev–Trinajstić information content (AvgIpc) is 2.70. The van der Waals surface area contributed by atoms with E-state index in [4.69, 9.17) is 0 Å². The van der Waals surface area contributed by atoms with Gasteiger partial charge in [0.05, 0.1) is 10.6 Å². The topological polar surface area (TPSA) is 17.8 Å². The summed E-state index contributed by atoms with van der Waals surface area (Å²) in [5, 5.41) is 5.27. The lowest BCUT2D eigenvalue weighted by atomic mass is 10.3. The van der Waals surface area contributed by atoms with Crippen molar-refractivity contribution >= 4 is 27.3 Å². The van der Waals surface area contributed by atoms with Gasteiger partial charge in [0.15, 0.2) is 5.69 Å². The summed E-state index contributed by atoms with van der Waals surface area (Å²) in [4.78, 5) is 0.748. The smallest absolute Gasteiger partial charge is 0.267 e.